The maximum atomic E-state index is 14.5. The Kier molecular flexibility index (Phi) is 6.54. The molecule has 3 aromatic rings. The largest absolute Gasteiger partial charge is 0.478 e. The molecule has 0 fully saturated rings. The highest BCUT2D eigenvalue weighted by molar-refractivity contribution is 9.10. The van der Waals surface area contributed by atoms with E-state index in [1.807, 2.05) is 6.92 Å². The second-order valence-electron chi connectivity index (χ2n) is 6.18. The van der Waals surface area contributed by atoms with E-state index >= 15 is 0 Å². The Morgan fingerprint density at radius 1 is 1.28 bits per heavy atom. The minimum Gasteiger partial charge on any atom is -0.478 e. The number of primary amides is 1. The summed E-state index contributed by atoms with van der Waals surface area (Å²) in [5, 5.41) is 0.581. The molecule has 0 saturated heterocycles. The van der Waals surface area contributed by atoms with E-state index in [1.54, 1.807) is 24.3 Å². The number of hydrogen-bond acceptors (Lipinski definition) is 4. The molecule has 9 heteroatoms. The van der Waals surface area contributed by atoms with Gasteiger partial charge in [-0.3, -0.25) is 4.79 Å². The fourth-order valence-corrected chi connectivity index (χ4v) is 3.35. The van der Waals surface area contributed by atoms with Gasteiger partial charge in [-0.1, -0.05) is 37.1 Å². The minimum absolute atomic E-state index is 0.202. The van der Waals surface area contributed by atoms with Crippen molar-refractivity contribution >= 4 is 33.4 Å². The van der Waals surface area contributed by atoms with Crippen molar-refractivity contribution in [2.75, 3.05) is 0 Å². The molecule has 1 atom stereocenters. The van der Waals surface area contributed by atoms with Crippen LogP contribution < -0.4 is 10.5 Å². The predicted molar refractivity (Wildman–Crippen MR) is 108 cm³/mol. The Morgan fingerprint density at radius 2 is 1.97 bits per heavy atom. The van der Waals surface area contributed by atoms with E-state index < -0.39 is 29.2 Å². The number of amides is 1. The molecule has 0 aliphatic carbocycles. The minimum atomic E-state index is -1.22. The standard InChI is InChI=1S/C20H16BrClF2N2O3/c1-2-3-14(28-13-9-8-12(23)15(16(13)24)19(25)27)20-26-17(18(21)29-20)10-4-6-11(22)7-5-10/h4-9,14H,2-3H2,1H3,(H2,25,27). The highest BCUT2D eigenvalue weighted by atomic mass is 79.9. The number of ether oxygens (including phenoxy) is 1. The maximum absolute atomic E-state index is 14.5. The number of hydrogen-bond donors (Lipinski definition) is 1. The Balaban J connectivity index is 1.96. The van der Waals surface area contributed by atoms with Gasteiger partial charge in [0.05, 0.1) is 0 Å². The summed E-state index contributed by atoms with van der Waals surface area (Å²) in [6.07, 6.45) is 0.348. The van der Waals surface area contributed by atoms with E-state index in [0.717, 1.165) is 17.7 Å². The first kappa shape index (κ1) is 21.3. The molecule has 0 spiro atoms. The molecule has 1 heterocycles. The van der Waals surface area contributed by atoms with Crippen LogP contribution in [0.4, 0.5) is 8.78 Å². The number of aromatic nitrogens is 1. The van der Waals surface area contributed by atoms with Crippen LogP contribution in [0.1, 0.15) is 42.1 Å². The lowest BCUT2D eigenvalue weighted by Crippen LogP contribution is -2.17. The number of benzene rings is 2. The van der Waals surface area contributed by atoms with Crippen LogP contribution in [0.3, 0.4) is 0 Å². The second-order valence-corrected chi connectivity index (χ2v) is 7.33. The molecule has 1 amide bonds. The molecular formula is C20H16BrClF2N2O3. The maximum Gasteiger partial charge on any atom is 0.254 e. The number of carbonyl (C=O) groups excluding carboxylic acids is 1. The normalized spacial score (nSPS) is 12.0. The van der Waals surface area contributed by atoms with Crippen LogP contribution in [0, 0.1) is 11.6 Å². The molecule has 29 heavy (non-hydrogen) atoms. The number of nitrogens with zero attached hydrogens (tertiary/aromatic N) is 1. The summed E-state index contributed by atoms with van der Waals surface area (Å²) in [5.41, 5.74) is 5.50. The number of oxazole rings is 1. The Hall–Kier alpha value is -2.45. The fraction of sp³-hybridized carbons (Fsp3) is 0.200. The zero-order valence-electron chi connectivity index (χ0n) is 15.2. The van der Waals surface area contributed by atoms with E-state index in [0.29, 0.717) is 28.2 Å². The van der Waals surface area contributed by atoms with E-state index in [1.165, 1.54) is 0 Å². The number of nitrogens with two attached hydrogens (primary N) is 1. The van der Waals surface area contributed by atoms with E-state index in [4.69, 9.17) is 26.5 Å². The van der Waals surface area contributed by atoms with Gasteiger partial charge < -0.3 is 14.9 Å². The third-order valence-electron chi connectivity index (χ3n) is 4.12. The van der Waals surface area contributed by atoms with Crippen molar-refractivity contribution < 1.29 is 22.7 Å². The van der Waals surface area contributed by atoms with Crippen LogP contribution in [0.15, 0.2) is 45.5 Å². The third-order valence-corrected chi connectivity index (χ3v) is 4.91. The van der Waals surface area contributed by atoms with Gasteiger partial charge in [0.15, 0.2) is 22.3 Å². The number of halogens is 4. The Labute approximate surface area is 179 Å². The lowest BCUT2D eigenvalue weighted by molar-refractivity contribution is 0.0988. The predicted octanol–water partition coefficient (Wildman–Crippen LogP) is 6.05. The molecule has 2 N–H and O–H groups in total. The van der Waals surface area contributed by atoms with Gasteiger partial charge in [0.2, 0.25) is 5.89 Å². The quantitative estimate of drug-likeness (QED) is 0.441. The van der Waals surface area contributed by atoms with E-state index in [-0.39, 0.29) is 11.6 Å². The third kappa shape index (κ3) is 4.59. The molecule has 0 saturated carbocycles. The molecular weight excluding hydrogens is 470 g/mol. The Morgan fingerprint density at radius 3 is 2.59 bits per heavy atom. The van der Waals surface area contributed by atoms with Gasteiger partial charge in [0, 0.05) is 10.6 Å². The van der Waals surface area contributed by atoms with Gasteiger partial charge >= 0.3 is 0 Å². The van der Waals surface area contributed by atoms with Crippen molar-refractivity contribution in [3.63, 3.8) is 0 Å². The first-order valence-electron chi connectivity index (χ1n) is 8.68. The molecule has 0 aliphatic rings. The Bertz CT molecular complexity index is 1040. The first-order chi connectivity index (χ1) is 13.8. The van der Waals surface area contributed by atoms with Gasteiger partial charge in [-0.05, 0) is 46.6 Å². The smallest absolute Gasteiger partial charge is 0.254 e. The zero-order chi connectivity index (χ0) is 21.1. The molecule has 3 rings (SSSR count). The topological polar surface area (TPSA) is 78.4 Å². The number of carbonyl (C=O) groups is 1. The van der Waals surface area contributed by atoms with Crippen molar-refractivity contribution in [1.82, 2.24) is 4.98 Å². The van der Waals surface area contributed by atoms with Gasteiger partial charge in [-0.15, -0.1) is 0 Å². The van der Waals surface area contributed by atoms with Gasteiger partial charge in [-0.2, -0.15) is 0 Å². The van der Waals surface area contributed by atoms with Crippen molar-refractivity contribution in [3.05, 3.63) is 69.2 Å². The monoisotopic (exact) mass is 484 g/mol. The SMILES string of the molecule is CCCC(Oc1ccc(F)c(C(N)=O)c1F)c1nc(-c2ccc(Cl)cc2)c(Br)o1. The van der Waals surface area contributed by atoms with Gasteiger partial charge in [0.1, 0.15) is 17.1 Å². The first-order valence-corrected chi connectivity index (χ1v) is 9.85. The summed E-state index contributed by atoms with van der Waals surface area (Å²) in [6.45, 7) is 1.91. The summed E-state index contributed by atoms with van der Waals surface area (Å²) < 4.78 is 40.0. The lowest BCUT2D eigenvalue weighted by atomic mass is 10.1. The fourth-order valence-electron chi connectivity index (χ4n) is 2.74. The molecule has 0 bridgehead atoms. The highest BCUT2D eigenvalue weighted by Gasteiger charge is 2.26. The summed E-state index contributed by atoms with van der Waals surface area (Å²) in [5.74, 6) is -3.56. The summed E-state index contributed by atoms with van der Waals surface area (Å²) in [7, 11) is 0. The molecule has 152 valence electrons. The average Bonchev–Trinajstić information content (AvgIpc) is 3.05. The second kappa shape index (κ2) is 8.92. The van der Waals surface area contributed by atoms with E-state index in [2.05, 4.69) is 20.9 Å². The van der Waals surface area contributed by atoms with Crippen LogP contribution in [-0.2, 0) is 0 Å². The van der Waals surface area contributed by atoms with Crippen LogP contribution in [0.25, 0.3) is 11.3 Å². The molecule has 1 aromatic heterocycles. The zero-order valence-corrected chi connectivity index (χ0v) is 17.6. The molecule has 1 unspecified atom stereocenters. The summed E-state index contributed by atoms with van der Waals surface area (Å²) in [6, 6.07) is 9.02. The van der Waals surface area contributed by atoms with Crippen molar-refractivity contribution in [1.29, 1.82) is 0 Å². The molecule has 5 nitrogen and oxygen atoms in total. The van der Waals surface area contributed by atoms with Crippen molar-refractivity contribution in [3.8, 4) is 17.0 Å². The van der Waals surface area contributed by atoms with Crippen LogP contribution in [0.2, 0.25) is 5.02 Å². The van der Waals surface area contributed by atoms with Gasteiger partial charge in [0.25, 0.3) is 5.91 Å². The average molecular weight is 486 g/mol. The molecule has 0 radical (unpaired) electrons. The van der Waals surface area contributed by atoms with Crippen LogP contribution >= 0.6 is 27.5 Å². The lowest BCUT2D eigenvalue weighted by Gasteiger charge is -2.17. The van der Waals surface area contributed by atoms with E-state index in [9.17, 15) is 13.6 Å². The summed E-state index contributed by atoms with van der Waals surface area (Å²) >= 11 is 9.25. The highest BCUT2D eigenvalue weighted by Crippen LogP contribution is 2.35. The number of rotatable bonds is 7. The van der Waals surface area contributed by atoms with Crippen LogP contribution in [0.5, 0.6) is 5.75 Å². The van der Waals surface area contributed by atoms with Crippen molar-refractivity contribution in [2.24, 2.45) is 5.73 Å². The molecule has 0 aliphatic heterocycles. The summed E-state index contributed by atoms with van der Waals surface area (Å²) in [4.78, 5) is 15.8. The van der Waals surface area contributed by atoms with Gasteiger partial charge in [-0.25, -0.2) is 13.8 Å². The van der Waals surface area contributed by atoms with Crippen molar-refractivity contribution in [2.45, 2.75) is 25.9 Å². The van der Waals surface area contributed by atoms with Crippen LogP contribution in [-0.4, -0.2) is 10.9 Å². The molecule has 2 aromatic carbocycles.